The van der Waals surface area contributed by atoms with Gasteiger partial charge in [-0.1, -0.05) is 44.4 Å². The van der Waals surface area contributed by atoms with Crippen LogP contribution in [0.5, 0.6) is 5.75 Å². The molecule has 2 fully saturated rings. The Kier molecular flexibility index (Phi) is 6.97. The highest BCUT2D eigenvalue weighted by Crippen LogP contribution is 2.44. The lowest BCUT2D eigenvalue weighted by Crippen LogP contribution is -2.47. The first-order valence-electron chi connectivity index (χ1n) is 14.2. The van der Waals surface area contributed by atoms with Gasteiger partial charge in [-0.15, -0.1) is 0 Å². The van der Waals surface area contributed by atoms with Gasteiger partial charge in [0.05, 0.1) is 6.04 Å². The summed E-state index contributed by atoms with van der Waals surface area (Å²) in [4.78, 5) is 8.25. The second kappa shape index (κ2) is 10.4. The van der Waals surface area contributed by atoms with Crippen molar-refractivity contribution >= 4 is 10.9 Å². The Hall–Kier alpha value is -2.44. The third-order valence-corrected chi connectivity index (χ3v) is 9.07. The van der Waals surface area contributed by atoms with Gasteiger partial charge in [0.15, 0.2) is 0 Å². The van der Waals surface area contributed by atoms with E-state index in [0.717, 1.165) is 55.1 Å². The van der Waals surface area contributed by atoms with Gasteiger partial charge in [-0.05, 0) is 49.7 Å². The number of aromatic nitrogens is 1. The van der Waals surface area contributed by atoms with E-state index in [2.05, 4.69) is 40.8 Å². The smallest absolute Gasteiger partial charge is 0.135 e. The molecule has 198 valence electrons. The van der Waals surface area contributed by atoms with Crippen molar-refractivity contribution in [3.05, 3.63) is 64.9 Å². The first-order valence-corrected chi connectivity index (χ1v) is 14.2. The molecule has 2 aromatic carbocycles. The second-order valence-electron chi connectivity index (χ2n) is 11.5. The molecule has 0 radical (unpaired) electrons. The standard InChI is InChI=1S/C31H39F2N3O/c1-3-21-17-35(18-21)12-13-37-23-15-26(32)29(27(33)16-23)31-30-25(24-10-6-7-11-28(24)34-30)14-20(2)36(31)19-22-8-4-5-9-22/h6-7,10-11,15-16,20-22,31,34H,3-5,8-9,12-14,17-19H2,1-2H3/t20-,31-/m1/s1. The summed E-state index contributed by atoms with van der Waals surface area (Å²) < 4.78 is 37.5. The van der Waals surface area contributed by atoms with E-state index in [4.69, 9.17) is 4.74 Å². The molecule has 6 rings (SSSR count). The van der Waals surface area contributed by atoms with Crippen molar-refractivity contribution in [1.82, 2.24) is 14.8 Å². The van der Waals surface area contributed by atoms with Crippen molar-refractivity contribution in [2.75, 3.05) is 32.8 Å². The molecule has 1 N–H and O–H groups in total. The average molecular weight is 508 g/mol. The van der Waals surface area contributed by atoms with Crippen LogP contribution in [0, 0.1) is 23.5 Å². The van der Waals surface area contributed by atoms with E-state index in [9.17, 15) is 0 Å². The van der Waals surface area contributed by atoms with E-state index in [1.54, 1.807) is 0 Å². The van der Waals surface area contributed by atoms with Crippen LogP contribution < -0.4 is 4.74 Å². The average Bonchev–Trinajstić information content (AvgIpc) is 3.49. The Morgan fingerprint density at radius 2 is 1.76 bits per heavy atom. The van der Waals surface area contributed by atoms with Crippen LogP contribution in [-0.2, 0) is 6.42 Å². The molecule has 3 aromatic rings. The number of rotatable bonds is 8. The third-order valence-electron chi connectivity index (χ3n) is 9.07. The van der Waals surface area contributed by atoms with Crippen molar-refractivity contribution in [2.24, 2.45) is 11.8 Å². The molecule has 1 aliphatic carbocycles. The van der Waals surface area contributed by atoms with Crippen LogP contribution in [-0.4, -0.2) is 53.6 Å². The molecule has 0 bridgehead atoms. The van der Waals surface area contributed by atoms with E-state index in [1.165, 1.54) is 49.8 Å². The van der Waals surface area contributed by atoms with E-state index < -0.39 is 17.7 Å². The van der Waals surface area contributed by atoms with Gasteiger partial charge in [0, 0.05) is 66.5 Å². The van der Waals surface area contributed by atoms with Gasteiger partial charge in [0.2, 0.25) is 0 Å². The van der Waals surface area contributed by atoms with Gasteiger partial charge in [0.25, 0.3) is 0 Å². The largest absolute Gasteiger partial charge is 0.492 e. The molecule has 1 saturated carbocycles. The predicted molar refractivity (Wildman–Crippen MR) is 144 cm³/mol. The monoisotopic (exact) mass is 507 g/mol. The number of ether oxygens (including phenoxy) is 1. The highest BCUT2D eigenvalue weighted by Gasteiger charge is 2.40. The molecule has 4 nitrogen and oxygen atoms in total. The van der Waals surface area contributed by atoms with Crippen molar-refractivity contribution in [1.29, 1.82) is 0 Å². The SMILES string of the molecule is CCC1CN(CCOc2cc(F)c([C@@H]3c4[nH]c5ccccc5c4C[C@@H](C)N3CC3CCCC3)c(F)c2)C1. The number of likely N-dealkylation sites (tertiary alicyclic amines) is 1. The number of para-hydroxylation sites is 1. The molecule has 37 heavy (non-hydrogen) atoms. The quantitative estimate of drug-likeness (QED) is 0.368. The molecular formula is C31H39F2N3O. The number of H-pyrrole nitrogens is 1. The van der Waals surface area contributed by atoms with Gasteiger partial charge in [-0.25, -0.2) is 8.78 Å². The molecule has 0 spiro atoms. The first-order chi connectivity index (χ1) is 18.0. The molecule has 0 unspecified atom stereocenters. The maximum Gasteiger partial charge on any atom is 0.135 e. The predicted octanol–water partition coefficient (Wildman–Crippen LogP) is 6.69. The fraction of sp³-hybridized carbons (Fsp3) is 0.548. The van der Waals surface area contributed by atoms with Crippen molar-refractivity contribution < 1.29 is 13.5 Å². The van der Waals surface area contributed by atoms with Crippen LogP contribution in [0.3, 0.4) is 0 Å². The zero-order valence-electron chi connectivity index (χ0n) is 22.1. The number of nitrogens with zero attached hydrogens (tertiary/aromatic N) is 2. The Balaban J connectivity index is 1.31. The Labute approximate surface area is 219 Å². The minimum atomic E-state index is -0.523. The fourth-order valence-corrected chi connectivity index (χ4v) is 6.91. The molecule has 0 amide bonds. The summed E-state index contributed by atoms with van der Waals surface area (Å²) in [5.41, 5.74) is 3.30. The van der Waals surface area contributed by atoms with E-state index in [0.29, 0.717) is 12.5 Å². The number of hydrogen-bond acceptors (Lipinski definition) is 3. The number of nitrogens with one attached hydrogen (secondary N) is 1. The molecular weight excluding hydrogens is 468 g/mol. The molecule has 1 aromatic heterocycles. The summed E-state index contributed by atoms with van der Waals surface area (Å²) in [6.07, 6.45) is 6.97. The Morgan fingerprint density at radius 3 is 2.49 bits per heavy atom. The summed E-state index contributed by atoms with van der Waals surface area (Å²) in [6, 6.07) is 10.7. The molecule has 2 atom stereocenters. The summed E-state index contributed by atoms with van der Waals surface area (Å²) in [6.45, 7) is 8.69. The summed E-state index contributed by atoms with van der Waals surface area (Å²) >= 11 is 0. The van der Waals surface area contributed by atoms with Crippen molar-refractivity contribution in [2.45, 2.75) is 64.5 Å². The van der Waals surface area contributed by atoms with Crippen LogP contribution >= 0.6 is 0 Å². The number of aromatic amines is 1. The van der Waals surface area contributed by atoms with Crippen LogP contribution in [0.4, 0.5) is 8.78 Å². The fourth-order valence-electron chi connectivity index (χ4n) is 6.91. The number of halogens is 2. The van der Waals surface area contributed by atoms with Crippen LogP contribution in [0.15, 0.2) is 36.4 Å². The second-order valence-corrected chi connectivity index (χ2v) is 11.5. The number of benzene rings is 2. The molecule has 1 saturated heterocycles. The Bertz CT molecular complexity index is 1220. The van der Waals surface area contributed by atoms with E-state index in [1.807, 2.05) is 12.1 Å². The van der Waals surface area contributed by atoms with Gasteiger partial charge in [-0.2, -0.15) is 0 Å². The van der Waals surface area contributed by atoms with Crippen molar-refractivity contribution in [3.63, 3.8) is 0 Å². The maximum atomic E-state index is 15.8. The summed E-state index contributed by atoms with van der Waals surface area (Å²) in [5, 5.41) is 1.16. The normalized spacial score (nSPS) is 23.5. The summed E-state index contributed by atoms with van der Waals surface area (Å²) in [7, 11) is 0. The number of fused-ring (bicyclic) bond motifs is 3. The van der Waals surface area contributed by atoms with Gasteiger partial charge in [-0.3, -0.25) is 9.80 Å². The van der Waals surface area contributed by atoms with E-state index in [-0.39, 0.29) is 17.4 Å². The minimum Gasteiger partial charge on any atom is -0.492 e. The summed E-state index contributed by atoms with van der Waals surface area (Å²) in [5.74, 6) is 0.580. The highest BCUT2D eigenvalue weighted by molar-refractivity contribution is 5.85. The van der Waals surface area contributed by atoms with Crippen molar-refractivity contribution in [3.8, 4) is 5.75 Å². The lowest BCUT2D eigenvalue weighted by Gasteiger charge is -2.42. The van der Waals surface area contributed by atoms with Gasteiger partial charge in [0.1, 0.15) is 24.0 Å². The Morgan fingerprint density at radius 1 is 1.03 bits per heavy atom. The molecule has 3 heterocycles. The van der Waals surface area contributed by atoms with E-state index >= 15 is 8.78 Å². The molecule has 3 aliphatic rings. The zero-order valence-corrected chi connectivity index (χ0v) is 22.1. The zero-order chi connectivity index (χ0) is 25.5. The lowest BCUT2D eigenvalue weighted by molar-refractivity contribution is 0.0804. The molecule has 2 aliphatic heterocycles. The highest BCUT2D eigenvalue weighted by atomic mass is 19.1. The van der Waals surface area contributed by atoms with Gasteiger partial charge >= 0.3 is 0 Å². The lowest BCUT2D eigenvalue weighted by atomic mass is 9.87. The molecule has 6 heteroatoms. The number of hydrogen-bond donors (Lipinski definition) is 1. The minimum absolute atomic E-state index is 0.137. The van der Waals surface area contributed by atoms with Crippen LogP contribution in [0.2, 0.25) is 0 Å². The topological polar surface area (TPSA) is 31.5 Å². The van der Waals surface area contributed by atoms with Crippen LogP contribution in [0.1, 0.15) is 68.8 Å². The maximum absolute atomic E-state index is 15.8. The van der Waals surface area contributed by atoms with Gasteiger partial charge < -0.3 is 9.72 Å². The van der Waals surface area contributed by atoms with Crippen LogP contribution in [0.25, 0.3) is 10.9 Å². The first kappa shape index (κ1) is 24.9. The third kappa shape index (κ3) is 4.79.